The molecule has 17 nitrogen and oxygen atoms in total. The number of benzene rings is 1. The zero-order valence-electron chi connectivity index (χ0n) is 62.6. The quantitative estimate of drug-likeness (QED) is 0.0451. The van der Waals surface area contributed by atoms with Crippen LogP contribution in [0.5, 0.6) is 0 Å². The molecule has 50 heteroatoms. The van der Waals surface area contributed by atoms with E-state index < -0.39 is 177 Å². The van der Waals surface area contributed by atoms with Crippen LogP contribution < -0.4 is 10.1 Å². The molecular weight excluding hydrogens is 1630 g/mol. The first-order valence-electron chi connectivity index (χ1n) is 31.3. The number of nitrogens with zero attached hydrogens (tertiary/aromatic N) is 1. The Morgan fingerprint density at radius 1 is 0.416 bits per heavy atom. The fourth-order valence-corrected chi connectivity index (χ4v) is 78.2. The Morgan fingerprint density at radius 3 is 1.01 bits per heavy atom. The number of anilines is 1. The van der Waals surface area contributed by atoms with E-state index in [9.17, 15) is 88.3 Å². The fraction of sp³-hybridized carbons (Fsp3) is 0.863. The standard InChI is InChI=1S/C45H100F9NO13Si13.C6H3F11O3/c1-29-30-34-70(5,6)58-72(9,10)60-74(13,14)62-76(17,18)64-78(21,22)66-80(25,26)68-81(27,28)67-79(23,24)65-77(19,20)63-75(15,16)61-73(11,12)59-71(7,8)36-35-69(3,4)40-33-31-32-39(37-40)55(2)41(56)44(51,45(52,53)54)57-43(49,50)38-42(46,47)48;1-18-4(11,12)2(7,3(8,9)10)19-5(13,14)6(15,16)20-17/h31-33,37H,29-30,34-36,38H2,1-28H3;1H3. The smallest absolute Gasteiger partial charge is 0.436 e. The van der Waals surface area contributed by atoms with E-state index in [1.54, 1.807) is 10.8 Å². The van der Waals surface area contributed by atoms with Crippen LogP contribution in [0.15, 0.2) is 24.3 Å². The normalized spacial score (nSPS) is 16.4. The molecule has 0 radical (unpaired) electrons. The Bertz CT molecular complexity index is 2830. The van der Waals surface area contributed by atoms with E-state index in [-0.39, 0.29) is 17.7 Å². The van der Waals surface area contributed by atoms with Crippen LogP contribution in [-0.2, 0) is 69.2 Å². The van der Waals surface area contributed by atoms with E-state index in [2.05, 4.69) is 55.7 Å². The van der Waals surface area contributed by atoms with Crippen molar-refractivity contribution in [1.29, 1.82) is 0 Å². The van der Waals surface area contributed by atoms with Gasteiger partial charge in [0.25, 0.3) is 0 Å². The highest BCUT2D eigenvalue weighted by Crippen LogP contribution is 2.52. The van der Waals surface area contributed by atoms with Gasteiger partial charge in [0.15, 0.2) is 16.6 Å². The molecule has 101 heavy (non-hydrogen) atoms. The average molecular weight is 1730 g/mol. The molecule has 1 rings (SSSR count). The van der Waals surface area contributed by atoms with E-state index in [0.29, 0.717) is 24.3 Å². The van der Waals surface area contributed by atoms with Gasteiger partial charge in [0, 0.05) is 19.8 Å². The van der Waals surface area contributed by atoms with Crippen LogP contribution in [0.25, 0.3) is 0 Å². The van der Waals surface area contributed by atoms with Gasteiger partial charge >= 0.3 is 146 Å². The third kappa shape index (κ3) is 33.7. The van der Waals surface area contributed by atoms with E-state index in [1.807, 2.05) is 131 Å². The van der Waals surface area contributed by atoms with Crippen LogP contribution >= 0.6 is 0 Å². The van der Waals surface area contributed by atoms with Gasteiger partial charge in [0.1, 0.15) is 6.42 Å². The van der Waals surface area contributed by atoms with Crippen molar-refractivity contribution in [1.82, 2.24) is 0 Å². The van der Waals surface area contributed by atoms with Crippen LogP contribution in [0.2, 0.25) is 188 Å². The summed E-state index contributed by atoms with van der Waals surface area (Å²) < 4.78 is 340. The largest absolute Gasteiger partial charge is 0.478 e. The third-order valence-electron chi connectivity index (χ3n) is 13.3. The van der Waals surface area contributed by atoms with Crippen LogP contribution in [0, 0.1) is 0 Å². The predicted octanol–water partition coefficient (Wildman–Crippen LogP) is 19.3. The number of amides is 1. The molecule has 0 fully saturated rings. The lowest BCUT2D eigenvalue weighted by molar-refractivity contribution is -0.552. The van der Waals surface area contributed by atoms with Crippen molar-refractivity contribution in [2.45, 2.75) is 269 Å². The van der Waals surface area contributed by atoms with Gasteiger partial charge in [-0.2, -0.15) is 83.4 Å². The highest BCUT2D eigenvalue weighted by atomic mass is 28.5. The molecule has 600 valence electrons. The summed E-state index contributed by atoms with van der Waals surface area (Å²) in [7, 11) is -35.0. The molecule has 0 saturated heterocycles. The maximum atomic E-state index is 15.3. The first kappa shape index (κ1) is 101. The van der Waals surface area contributed by atoms with Crippen molar-refractivity contribution < 1.29 is 157 Å². The topological polar surface area (TPSA) is 159 Å². The molecule has 1 amide bonds. The Hall–Kier alpha value is -0.491. The number of unbranched alkanes of at least 4 members (excludes halogenated alkanes) is 1. The lowest BCUT2D eigenvalue weighted by Crippen LogP contribution is -2.63. The van der Waals surface area contributed by atoms with Crippen molar-refractivity contribution in [2.75, 3.05) is 19.1 Å². The van der Waals surface area contributed by atoms with Gasteiger partial charge in [-0.05, 0) is 186 Å². The number of rotatable bonds is 40. The molecule has 0 saturated carbocycles. The summed E-state index contributed by atoms with van der Waals surface area (Å²) in [5.74, 6) is -15.2. The maximum absolute atomic E-state index is 15.3. The lowest BCUT2D eigenvalue weighted by Gasteiger charge is -2.45. The highest BCUT2D eigenvalue weighted by Gasteiger charge is 2.80. The molecule has 0 aliphatic heterocycles. The SMILES string of the molecule is CCCC[Si](C)(C)O[Si](C)(C)O[Si](C)(C)O[Si](C)(C)O[Si](C)(C)O[Si](C)(C)O[Si](C)(C)O[Si](C)(C)O[Si](C)(C)O[Si](C)(C)O[Si](C)(C)O[Si](C)(C)CC[Si](C)(C)c1cccc(N(C)C(=O)C(F)(OC(F)(F)CC(F)(F)F)C(F)(F)F)c1.COC(F)(F)C(F)(OC(F)(F)C(F)(F)OF)C(F)(F)F. The minimum Gasteiger partial charge on any atom is -0.436 e. The molecule has 0 aliphatic rings. The summed E-state index contributed by atoms with van der Waals surface area (Å²) in [5, 5.41) is 0.614. The molecule has 0 bridgehead atoms. The molecule has 0 N–H and O–H groups in total. The van der Waals surface area contributed by atoms with Gasteiger partial charge in [0.05, 0.1) is 8.07 Å². The fourth-order valence-electron chi connectivity index (χ4n) is 11.2. The van der Waals surface area contributed by atoms with E-state index in [4.69, 9.17) is 45.3 Å². The number of ether oxygens (including phenoxy) is 3. The number of methoxy groups -OCH3 is 1. The second-order valence-corrected chi connectivity index (χ2v) is 80.1. The summed E-state index contributed by atoms with van der Waals surface area (Å²) >= 11 is 0. The van der Waals surface area contributed by atoms with Crippen LogP contribution in [0.4, 0.5) is 93.6 Å². The van der Waals surface area contributed by atoms with E-state index in [0.717, 1.165) is 25.0 Å². The van der Waals surface area contributed by atoms with E-state index >= 15 is 4.39 Å². The van der Waals surface area contributed by atoms with Crippen LogP contribution in [0.1, 0.15) is 26.2 Å². The number of hydrogen-bond donors (Lipinski definition) is 0. The first-order chi connectivity index (χ1) is 43.8. The average Bonchev–Trinajstić information content (AvgIpc) is 0.751. The molecule has 0 aliphatic carbocycles. The van der Waals surface area contributed by atoms with Crippen LogP contribution in [-0.4, -0.2) is 185 Å². The molecule has 1 aromatic rings. The van der Waals surface area contributed by atoms with Crippen LogP contribution in [0.3, 0.4) is 0 Å². The Morgan fingerprint density at radius 2 is 0.733 bits per heavy atom. The number of likely N-dealkylation sites (N-methyl/N-ethyl adjacent to an activating group) is 1. The van der Waals surface area contributed by atoms with Gasteiger partial charge in [-0.25, -0.2) is 0 Å². The molecule has 0 spiro atoms. The number of halogens is 20. The summed E-state index contributed by atoms with van der Waals surface area (Å²) in [5.41, 5.74) is -0.320. The Labute approximate surface area is 593 Å². The monoisotopic (exact) mass is 1730 g/mol. The zero-order chi connectivity index (χ0) is 81.0. The lowest BCUT2D eigenvalue weighted by atomic mass is 10.2. The number of alkyl halides is 19. The van der Waals surface area contributed by atoms with Crippen molar-refractivity contribution >= 4 is 127 Å². The van der Waals surface area contributed by atoms with Crippen molar-refractivity contribution in [3.8, 4) is 0 Å². The number of carbonyl (C=O) groups is 1. The Kier molecular flexibility index (Phi) is 33.8. The Balaban J connectivity index is 0.00000428. The van der Waals surface area contributed by atoms with Gasteiger partial charge in [-0.15, -0.1) is 4.94 Å². The predicted molar refractivity (Wildman–Crippen MR) is 370 cm³/mol. The van der Waals surface area contributed by atoms with E-state index in [1.165, 1.54) is 17.1 Å². The summed E-state index contributed by atoms with van der Waals surface area (Å²) in [4.78, 5) is 14.3. The number of carbonyl (C=O) groups excluding carboxylic acids is 1. The second-order valence-electron chi connectivity index (χ2n) is 30.2. The summed E-state index contributed by atoms with van der Waals surface area (Å²) in [6.45, 7) is 54.8. The highest BCUT2D eigenvalue weighted by molar-refractivity contribution is 6.95. The van der Waals surface area contributed by atoms with Gasteiger partial charge in [-0.1, -0.05) is 56.2 Å². The number of hydrogen-bond acceptors (Lipinski definition) is 16. The molecule has 1 aromatic carbocycles. The molecule has 2 atom stereocenters. The summed E-state index contributed by atoms with van der Waals surface area (Å²) in [6.07, 6.45) is -45.2. The summed E-state index contributed by atoms with van der Waals surface area (Å²) in [6, 6.07) is 7.85. The molecule has 0 aromatic heterocycles. The molecule has 0 heterocycles. The van der Waals surface area contributed by atoms with Crippen molar-refractivity contribution in [3.05, 3.63) is 24.3 Å². The van der Waals surface area contributed by atoms with Gasteiger partial charge < -0.3 is 54.9 Å². The maximum Gasteiger partial charge on any atom is 0.478 e. The molecule has 2 unspecified atom stereocenters. The minimum atomic E-state index is -6.94. The van der Waals surface area contributed by atoms with Crippen molar-refractivity contribution in [3.63, 3.8) is 0 Å². The molecular formula is C51H103F20NO16Si13. The zero-order valence-corrected chi connectivity index (χ0v) is 75.6. The second kappa shape index (κ2) is 34.0. The van der Waals surface area contributed by atoms with Gasteiger partial charge in [-0.3, -0.25) is 14.3 Å². The first-order valence-corrected chi connectivity index (χ1v) is 68.9. The third-order valence-corrected chi connectivity index (χ3v) is 63.9. The van der Waals surface area contributed by atoms with Gasteiger partial charge in [0.2, 0.25) is 0 Å². The minimum absolute atomic E-state index is 0.0991. The van der Waals surface area contributed by atoms with Crippen molar-refractivity contribution in [2.24, 2.45) is 0 Å².